The van der Waals surface area contributed by atoms with Gasteiger partial charge in [0.25, 0.3) is 5.91 Å². The van der Waals surface area contributed by atoms with Gasteiger partial charge in [-0.3, -0.25) is 9.59 Å². The maximum atomic E-state index is 13.2. The maximum absolute atomic E-state index is 13.2. The Labute approximate surface area is 164 Å². The number of aromatic nitrogens is 3. The van der Waals surface area contributed by atoms with Crippen LogP contribution in [0.1, 0.15) is 69.2 Å². The molecule has 0 aliphatic carbocycles. The molecule has 0 spiro atoms. The van der Waals surface area contributed by atoms with E-state index < -0.39 is 0 Å². The SMILES string of the molecule is CC(=O)c1[nH]c(C)c(C(=O)N2CCCC(c3nc4c(C)cccc4[nH]3)C2)c1C. The molecule has 2 N–H and O–H groups in total. The highest BCUT2D eigenvalue weighted by atomic mass is 16.2. The van der Waals surface area contributed by atoms with Crippen molar-refractivity contribution in [2.45, 2.75) is 46.5 Å². The van der Waals surface area contributed by atoms with Crippen LogP contribution in [0, 0.1) is 20.8 Å². The minimum absolute atomic E-state index is 0.00394. The zero-order valence-electron chi connectivity index (χ0n) is 16.8. The Balaban J connectivity index is 1.61. The molecule has 0 bridgehead atoms. The van der Waals surface area contributed by atoms with Crippen LogP contribution >= 0.6 is 0 Å². The summed E-state index contributed by atoms with van der Waals surface area (Å²) < 4.78 is 0. The predicted octanol–water partition coefficient (Wildman–Crippen LogP) is 4.04. The Bertz CT molecular complexity index is 1080. The lowest BCUT2D eigenvalue weighted by Crippen LogP contribution is -2.39. The summed E-state index contributed by atoms with van der Waals surface area (Å²) in [5, 5.41) is 0. The van der Waals surface area contributed by atoms with Gasteiger partial charge in [-0.05, 0) is 50.8 Å². The Hall–Kier alpha value is -2.89. The summed E-state index contributed by atoms with van der Waals surface area (Å²) in [6.45, 7) is 8.65. The molecule has 28 heavy (non-hydrogen) atoms. The van der Waals surface area contributed by atoms with Gasteiger partial charge in [0.05, 0.1) is 22.3 Å². The minimum atomic E-state index is -0.0474. The highest BCUT2D eigenvalue weighted by Gasteiger charge is 2.30. The zero-order valence-corrected chi connectivity index (χ0v) is 16.8. The quantitative estimate of drug-likeness (QED) is 0.675. The number of ketones is 1. The Morgan fingerprint density at radius 1 is 1.18 bits per heavy atom. The highest BCUT2D eigenvalue weighted by Crippen LogP contribution is 2.29. The molecule has 2 aromatic heterocycles. The summed E-state index contributed by atoms with van der Waals surface area (Å²) >= 11 is 0. The number of benzene rings is 1. The van der Waals surface area contributed by atoms with Crippen LogP contribution in [-0.4, -0.2) is 44.6 Å². The van der Waals surface area contributed by atoms with E-state index in [0.717, 1.165) is 53.1 Å². The van der Waals surface area contributed by atoms with Crippen LogP contribution in [0.5, 0.6) is 0 Å². The van der Waals surface area contributed by atoms with Gasteiger partial charge >= 0.3 is 0 Å². The van der Waals surface area contributed by atoms with Crippen molar-refractivity contribution in [1.29, 1.82) is 0 Å². The summed E-state index contributed by atoms with van der Waals surface area (Å²) in [6.07, 6.45) is 1.95. The van der Waals surface area contributed by atoms with Crippen molar-refractivity contribution < 1.29 is 9.59 Å². The van der Waals surface area contributed by atoms with Crippen LogP contribution in [0.3, 0.4) is 0 Å². The molecule has 1 atom stereocenters. The van der Waals surface area contributed by atoms with Crippen LogP contribution in [0.2, 0.25) is 0 Å². The van der Waals surface area contributed by atoms with E-state index in [0.29, 0.717) is 17.8 Å². The van der Waals surface area contributed by atoms with Crippen LogP contribution in [-0.2, 0) is 0 Å². The number of Topliss-reactive ketones (excluding diaryl/α,β-unsaturated/α-hetero) is 1. The molecule has 1 fully saturated rings. The number of amides is 1. The van der Waals surface area contributed by atoms with Crippen LogP contribution in [0.15, 0.2) is 18.2 Å². The summed E-state index contributed by atoms with van der Waals surface area (Å²) in [5.41, 5.74) is 5.87. The highest BCUT2D eigenvalue weighted by molar-refractivity contribution is 6.02. The van der Waals surface area contributed by atoms with Crippen LogP contribution < -0.4 is 0 Å². The first kappa shape index (κ1) is 18.5. The van der Waals surface area contributed by atoms with Gasteiger partial charge in [-0.15, -0.1) is 0 Å². The molecule has 4 rings (SSSR count). The second-order valence-corrected chi connectivity index (χ2v) is 7.86. The number of fused-ring (bicyclic) bond motifs is 1. The Morgan fingerprint density at radius 3 is 2.64 bits per heavy atom. The average molecular weight is 378 g/mol. The maximum Gasteiger partial charge on any atom is 0.255 e. The first-order valence-electron chi connectivity index (χ1n) is 9.81. The van der Waals surface area contributed by atoms with E-state index in [1.54, 1.807) is 0 Å². The van der Waals surface area contributed by atoms with E-state index in [-0.39, 0.29) is 17.6 Å². The number of H-pyrrole nitrogens is 2. The molecule has 1 saturated heterocycles. The van der Waals surface area contributed by atoms with Gasteiger partial charge < -0.3 is 14.9 Å². The standard InChI is InChI=1S/C22H26N4O2/c1-12-7-5-9-17-19(12)25-21(24-17)16-8-6-10-26(11-16)22(28)18-13(2)20(15(4)27)23-14(18)3/h5,7,9,16,23H,6,8,10-11H2,1-4H3,(H,24,25). The lowest BCUT2D eigenvalue weighted by atomic mass is 9.96. The minimum Gasteiger partial charge on any atom is -0.355 e. The lowest BCUT2D eigenvalue weighted by Gasteiger charge is -2.32. The summed E-state index contributed by atoms with van der Waals surface area (Å²) in [4.78, 5) is 38.3. The number of rotatable bonds is 3. The van der Waals surface area contributed by atoms with Gasteiger partial charge in [0.15, 0.2) is 5.78 Å². The first-order valence-corrected chi connectivity index (χ1v) is 9.81. The Morgan fingerprint density at radius 2 is 1.96 bits per heavy atom. The number of imidazole rings is 1. The van der Waals surface area contributed by atoms with Crippen molar-refractivity contribution in [3.63, 3.8) is 0 Å². The Kier molecular flexibility index (Phi) is 4.57. The van der Waals surface area contributed by atoms with Crippen molar-refractivity contribution >= 4 is 22.7 Å². The molecule has 146 valence electrons. The fourth-order valence-electron chi connectivity index (χ4n) is 4.35. The number of nitrogens with zero attached hydrogens (tertiary/aromatic N) is 2. The number of piperidine rings is 1. The van der Waals surface area contributed by atoms with Gasteiger partial charge in [0, 0.05) is 31.6 Å². The molecule has 6 nitrogen and oxygen atoms in total. The molecule has 1 aliphatic rings. The third-order valence-electron chi connectivity index (χ3n) is 5.83. The van der Waals surface area contributed by atoms with Crippen molar-refractivity contribution in [2.24, 2.45) is 0 Å². The first-order chi connectivity index (χ1) is 13.4. The van der Waals surface area contributed by atoms with E-state index in [2.05, 4.69) is 23.0 Å². The molecular weight excluding hydrogens is 352 g/mol. The van der Waals surface area contributed by atoms with Gasteiger partial charge in [-0.1, -0.05) is 12.1 Å². The third kappa shape index (κ3) is 3.03. The number of carbonyl (C=O) groups is 2. The number of nitrogens with one attached hydrogen (secondary N) is 2. The molecule has 0 saturated carbocycles. The van der Waals surface area contributed by atoms with Crippen molar-refractivity contribution in [1.82, 2.24) is 19.9 Å². The molecule has 3 aromatic rings. The number of aryl methyl sites for hydroxylation is 2. The van der Waals surface area contributed by atoms with Crippen molar-refractivity contribution in [2.75, 3.05) is 13.1 Å². The summed E-state index contributed by atoms with van der Waals surface area (Å²) in [5.74, 6) is 1.09. The molecule has 1 aliphatic heterocycles. The van der Waals surface area contributed by atoms with Gasteiger partial charge in [0.1, 0.15) is 5.82 Å². The molecular formula is C22H26N4O2. The number of para-hydroxylation sites is 1. The molecule has 1 amide bonds. The predicted molar refractivity (Wildman–Crippen MR) is 109 cm³/mol. The topological polar surface area (TPSA) is 81.8 Å². The van der Waals surface area contributed by atoms with E-state index in [9.17, 15) is 9.59 Å². The monoisotopic (exact) mass is 378 g/mol. The molecule has 6 heteroatoms. The molecule has 0 radical (unpaired) electrons. The number of likely N-dealkylation sites (tertiary alicyclic amines) is 1. The number of aromatic amines is 2. The second-order valence-electron chi connectivity index (χ2n) is 7.86. The molecule has 1 aromatic carbocycles. The fraction of sp³-hybridized carbons (Fsp3) is 0.409. The number of carbonyl (C=O) groups excluding carboxylic acids is 2. The lowest BCUT2D eigenvalue weighted by molar-refractivity contribution is 0.0703. The fourth-order valence-corrected chi connectivity index (χ4v) is 4.35. The molecule has 3 heterocycles. The van der Waals surface area contributed by atoms with E-state index in [1.165, 1.54) is 6.92 Å². The normalized spacial score (nSPS) is 17.3. The van der Waals surface area contributed by atoms with Gasteiger partial charge in [-0.25, -0.2) is 4.98 Å². The number of hydrogen-bond acceptors (Lipinski definition) is 3. The average Bonchev–Trinajstić information content (AvgIpc) is 3.23. The van der Waals surface area contributed by atoms with Gasteiger partial charge in [0.2, 0.25) is 0 Å². The molecule has 1 unspecified atom stereocenters. The van der Waals surface area contributed by atoms with E-state index >= 15 is 0 Å². The summed E-state index contributed by atoms with van der Waals surface area (Å²) in [7, 11) is 0. The van der Waals surface area contributed by atoms with E-state index in [4.69, 9.17) is 4.98 Å². The van der Waals surface area contributed by atoms with Gasteiger partial charge in [-0.2, -0.15) is 0 Å². The smallest absolute Gasteiger partial charge is 0.255 e. The van der Waals surface area contributed by atoms with E-state index in [1.807, 2.05) is 30.9 Å². The largest absolute Gasteiger partial charge is 0.355 e. The zero-order chi connectivity index (χ0) is 20.0. The van der Waals surface area contributed by atoms with Crippen LogP contribution in [0.4, 0.5) is 0 Å². The van der Waals surface area contributed by atoms with Crippen molar-refractivity contribution in [3.05, 3.63) is 52.1 Å². The third-order valence-corrected chi connectivity index (χ3v) is 5.83. The van der Waals surface area contributed by atoms with Crippen LogP contribution in [0.25, 0.3) is 11.0 Å². The number of hydrogen-bond donors (Lipinski definition) is 2. The second kappa shape index (κ2) is 6.93. The van der Waals surface area contributed by atoms with Crippen molar-refractivity contribution in [3.8, 4) is 0 Å². The summed E-state index contributed by atoms with van der Waals surface area (Å²) in [6, 6.07) is 6.13.